The standard InChI is InChI=1S/C59H49BN2S/c1-57(2)29-30-58(3,4)46-35-51-47(34-45(46)57)59(5,6)44-23-16-24-48-55(44)61(51)52-33-39(37-19-11-8-12-20-37)31-43-40-28-27-38(36-17-9-7-10-18-36)32-50(40)62(60(48)54(43)52)49-25-15-22-42-41-21-13-14-26-53(41)63-56(42)49/h7-28,31-35H,29-30H2,1-6H3. The van der Waals surface area contributed by atoms with E-state index in [1.807, 2.05) is 11.3 Å². The molecule has 4 aliphatic rings. The molecule has 1 aromatic heterocycles. The van der Waals surface area contributed by atoms with Crippen LogP contribution in [0.3, 0.4) is 0 Å². The first-order valence-corrected chi connectivity index (χ1v) is 23.6. The molecule has 63 heavy (non-hydrogen) atoms. The Labute approximate surface area is 375 Å². The molecule has 2 nitrogen and oxygen atoms in total. The highest BCUT2D eigenvalue weighted by atomic mass is 32.1. The third-order valence-corrected chi connectivity index (χ3v) is 16.7. The second-order valence-corrected chi connectivity index (χ2v) is 21.4. The van der Waals surface area contributed by atoms with Crippen LogP contribution in [0.1, 0.15) is 76.6 Å². The molecule has 0 unspecified atom stereocenters. The minimum atomic E-state index is -0.232. The van der Waals surface area contributed by atoms with Crippen LogP contribution in [0, 0.1) is 0 Å². The monoisotopic (exact) mass is 828 g/mol. The molecule has 8 aromatic carbocycles. The summed E-state index contributed by atoms with van der Waals surface area (Å²) < 4.78 is 2.65. The van der Waals surface area contributed by atoms with E-state index in [1.54, 1.807) is 0 Å². The van der Waals surface area contributed by atoms with Crippen molar-refractivity contribution in [3.05, 3.63) is 186 Å². The van der Waals surface area contributed by atoms with Crippen molar-refractivity contribution in [3.63, 3.8) is 0 Å². The molecular formula is C59H49BN2S. The average Bonchev–Trinajstić information content (AvgIpc) is 3.69. The van der Waals surface area contributed by atoms with Crippen LogP contribution in [0.2, 0.25) is 0 Å². The van der Waals surface area contributed by atoms with Gasteiger partial charge in [0.25, 0.3) is 0 Å². The highest BCUT2D eigenvalue weighted by Crippen LogP contribution is 2.59. The normalized spacial score (nSPS) is 16.9. The van der Waals surface area contributed by atoms with Crippen molar-refractivity contribution in [2.75, 3.05) is 9.71 Å². The third kappa shape index (κ3) is 5.13. The van der Waals surface area contributed by atoms with E-state index in [4.69, 9.17) is 0 Å². The first-order valence-electron chi connectivity index (χ1n) is 22.8. The van der Waals surface area contributed by atoms with Gasteiger partial charge in [-0.15, -0.1) is 11.3 Å². The molecule has 0 radical (unpaired) electrons. The zero-order valence-corrected chi connectivity index (χ0v) is 37.7. The highest BCUT2D eigenvalue weighted by Gasteiger charge is 2.51. The van der Waals surface area contributed by atoms with Crippen molar-refractivity contribution in [2.24, 2.45) is 0 Å². The molecule has 0 atom stereocenters. The van der Waals surface area contributed by atoms with Crippen LogP contribution in [-0.2, 0) is 16.2 Å². The van der Waals surface area contributed by atoms with E-state index in [0.717, 1.165) is 0 Å². The Kier molecular flexibility index (Phi) is 7.60. The lowest BCUT2D eigenvalue weighted by Gasteiger charge is -2.52. The van der Waals surface area contributed by atoms with Crippen LogP contribution in [0.5, 0.6) is 0 Å². The van der Waals surface area contributed by atoms with Gasteiger partial charge in [-0.2, -0.15) is 0 Å². The fourth-order valence-corrected chi connectivity index (χ4v) is 13.2. The minimum absolute atomic E-state index is 0.0720. The van der Waals surface area contributed by atoms with Gasteiger partial charge in [0, 0.05) is 49.2 Å². The van der Waals surface area contributed by atoms with Crippen molar-refractivity contribution in [1.29, 1.82) is 0 Å². The Bertz CT molecular complexity index is 3390. The Hall–Kier alpha value is -6.36. The van der Waals surface area contributed by atoms with Crippen molar-refractivity contribution < 1.29 is 0 Å². The Morgan fingerprint density at radius 3 is 1.87 bits per heavy atom. The van der Waals surface area contributed by atoms with Crippen LogP contribution in [0.4, 0.5) is 28.4 Å². The molecule has 0 saturated heterocycles. The predicted octanol–water partition coefficient (Wildman–Crippen LogP) is 15.1. The van der Waals surface area contributed by atoms with Gasteiger partial charge in [-0.25, -0.2) is 0 Å². The number of fused-ring (bicyclic) bond motifs is 10. The van der Waals surface area contributed by atoms with Crippen molar-refractivity contribution in [1.82, 2.24) is 0 Å². The van der Waals surface area contributed by atoms with Crippen LogP contribution >= 0.6 is 11.3 Å². The third-order valence-electron chi connectivity index (χ3n) is 15.5. The summed E-state index contributed by atoms with van der Waals surface area (Å²) in [7, 11) is 0. The van der Waals surface area contributed by atoms with Crippen molar-refractivity contribution in [3.8, 4) is 33.4 Å². The molecule has 0 amide bonds. The highest BCUT2D eigenvalue weighted by molar-refractivity contribution is 7.26. The van der Waals surface area contributed by atoms with Gasteiger partial charge in [-0.05, 0) is 121 Å². The lowest BCUT2D eigenvalue weighted by molar-refractivity contribution is 0.331. The smallest absolute Gasteiger partial charge is 0.333 e. The second kappa shape index (κ2) is 12.9. The van der Waals surface area contributed by atoms with Gasteiger partial charge in [0.1, 0.15) is 0 Å². The van der Waals surface area contributed by atoms with Crippen LogP contribution < -0.4 is 20.6 Å². The average molecular weight is 829 g/mol. The van der Waals surface area contributed by atoms with E-state index in [0.29, 0.717) is 0 Å². The second-order valence-electron chi connectivity index (χ2n) is 20.3. The fourth-order valence-electron chi connectivity index (χ4n) is 12.0. The quantitative estimate of drug-likeness (QED) is 0.164. The molecule has 0 N–H and O–H groups in total. The summed E-state index contributed by atoms with van der Waals surface area (Å²) in [6, 6.07) is 62.6. The molecule has 1 aliphatic carbocycles. The van der Waals surface area contributed by atoms with E-state index < -0.39 is 0 Å². The van der Waals surface area contributed by atoms with Gasteiger partial charge in [-0.1, -0.05) is 169 Å². The Morgan fingerprint density at radius 1 is 0.460 bits per heavy atom. The number of nitrogens with zero attached hydrogens (tertiary/aromatic N) is 2. The summed E-state index contributed by atoms with van der Waals surface area (Å²) in [5, 5.41) is 2.64. The summed E-state index contributed by atoms with van der Waals surface area (Å²) >= 11 is 1.92. The zero-order valence-electron chi connectivity index (χ0n) is 36.9. The van der Waals surface area contributed by atoms with E-state index in [2.05, 4.69) is 215 Å². The molecule has 4 heteroatoms. The molecule has 0 saturated carbocycles. The van der Waals surface area contributed by atoms with Gasteiger partial charge in [0.2, 0.25) is 0 Å². The van der Waals surface area contributed by atoms with Crippen LogP contribution in [0.25, 0.3) is 53.6 Å². The number of hydrogen-bond donors (Lipinski definition) is 0. The molecule has 9 aromatic rings. The minimum Gasteiger partial charge on any atom is -0.375 e. The number of hydrogen-bond acceptors (Lipinski definition) is 3. The molecular weight excluding hydrogens is 780 g/mol. The first kappa shape index (κ1) is 37.2. The number of anilines is 5. The van der Waals surface area contributed by atoms with E-state index in [-0.39, 0.29) is 23.1 Å². The van der Waals surface area contributed by atoms with Gasteiger partial charge in [-0.3, -0.25) is 0 Å². The maximum Gasteiger partial charge on any atom is 0.333 e. The van der Waals surface area contributed by atoms with Gasteiger partial charge >= 0.3 is 6.85 Å². The number of para-hydroxylation sites is 1. The van der Waals surface area contributed by atoms with Crippen LogP contribution in [0.15, 0.2) is 164 Å². The number of benzene rings is 8. The van der Waals surface area contributed by atoms with E-state index in [9.17, 15) is 0 Å². The van der Waals surface area contributed by atoms with Gasteiger partial charge in [0.05, 0.1) is 10.4 Å². The lowest BCUT2D eigenvalue weighted by atomic mass is 9.42. The predicted molar refractivity (Wildman–Crippen MR) is 271 cm³/mol. The van der Waals surface area contributed by atoms with Crippen LogP contribution in [-0.4, -0.2) is 6.85 Å². The van der Waals surface area contributed by atoms with Gasteiger partial charge < -0.3 is 9.71 Å². The molecule has 4 heterocycles. The van der Waals surface area contributed by atoms with E-state index in [1.165, 1.54) is 128 Å². The summed E-state index contributed by atoms with van der Waals surface area (Å²) in [6.07, 6.45) is 2.37. The summed E-state index contributed by atoms with van der Waals surface area (Å²) in [5.74, 6) is 0. The summed E-state index contributed by atoms with van der Waals surface area (Å²) in [5.41, 5.74) is 22.5. The zero-order chi connectivity index (χ0) is 42.6. The molecule has 0 fully saturated rings. The topological polar surface area (TPSA) is 6.48 Å². The molecule has 13 rings (SSSR count). The Balaban J connectivity index is 1.18. The largest absolute Gasteiger partial charge is 0.375 e. The SMILES string of the molecule is CC1(C)CCC(C)(C)c2cc3c(cc21)N1c2cc(-c4ccccc4)cc4c2B(c2cccc(c21)C3(C)C)N(c1cccc2c1sc1ccccc12)c1cc(-c2ccccc2)ccc1-4. The van der Waals surface area contributed by atoms with Crippen molar-refractivity contribution in [2.45, 2.75) is 70.6 Å². The molecule has 0 bridgehead atoms. The molecule has 3 aliphatic heterocycles. The number of thiophene rings is 1. The van der Waals surface area contributed by atoms with Crippen molar-refractivity contribution >= 4 is 77.7 Å². The summed E-state index contributed by atoms with van der Waals surface area (Å²) in [6.45, 7) is 14.7. The van der Waals surface area contributed by atoms with Gasteiger partial charge in [0.15, 0.2) is 0 Å². The first-order chi connectivity index (χ1) is 30.5. The lowest BCUT2D eigenvalue weighted by Crippen LogP contribution is -2.62. The summed E-state index contributed by atoms with van der Waals surface area (Å²) in [4.78, 5) is 5.45. The number of rotatable bonds is 3. The fraction of sp³-hybridized carbons (Fsp3) is 0.186. The molecule has 0 spiro atoms. The molecule has 304 valence electrons. The Morgan fingerprint density at radius 2 is 1.11 bits per heavy atom. The van der Waals surface area contributed by atoms with E-state index >= 15 is 0 Å². The maximum absolute atomic E-state index is 2.74. The maximum atomic E-state index is 2.74.